The van der Waals surface area contributed by atoms with Gasteiger partial charge >= 0.3 is 5.97 Å². The van der Waals surface area contributed by atoms with Gasteiger partial charge in [0.05, 0.1) is 13.2 Å². The molecule has 0 aliphatic carbocycles. The number of ketones is 1. The molecule has 0 unspecified atom stereocenters. The van der Waals surface area contributed by atoms with Crippen molar-refractivity contribution in [2.75, 3.05) is 13.2 Å². The first-order valence-electron chi connectivity index (χ1n) is 4.31. The van der Waals surface area contributed by atoms with E-state index in [1.807, 2.05) is 0 Å². The Morgan fingerprint density at radius 3 is 2.20 bits per heavy atom. The van der Waals surface area contributed by atoms with Crippen molar-refractivity contribution in [2.24, 2.45) is 0 Å². The van der Waals surface area contributed by atoms with Crippen LogP contribution in [0.15, 0.2) is 0 Å². The number of hydrogen-bond acceptors (Lipinski definition) is 7. The Morgan fingerprint density at radius 1 is 1.27 bits per heavy atom. The van der Waals surface area contributed by atoms with E-state index in [0.717, 1.165) is 0 Å². The number of aliphatic hydroxyl groups excluding tert-OH is 4. The lowest BCUT2D eigenvalue weighted by Crippen LogP contribution is -2.46. The summed E-state index contributed by atoms with van der Waals surface area (Å²) in [7, 11) is 0. The van der Waals surface area contributed by atoms with Crippen molar-refractivity contribution in [3.63, 3.8) is 0 Å². The second-order valence-electron chi connectivity index (χ2n) is 2.77. The molecule has 0 bridgehead atoms. The van der Waals surface area contributed by atoms with E-state index in [1.165, 1.54) is 6.92 Å². The molecule has 0 aliphatic heterocycles. The molecular formula is C8H14O7. The molecule has 0 rings (SSSR count). The molecule has 0 saturated heterocycles. The highest BCUT2D eigenvalue weighted by Crippen LogP contribution is 2.02. The SMILES string of the molecule is CCOC(=O)C(=O)[C@@H](O)[C@@H](O)[C@H](O)CO. The van der Waals surface area contributed by atoms with Gasteiger partial charge in [0.2, 0.25) is 0 Å². The molecule has 7 nitrogen and oxygen atoms in total. The molecule has 4 N–H and O–H groups in total. The first kappa shape index (κ1) is 14.0. The number of rotatable bonds is 6. The number of Topliss-reactive ketones (excluding diaryl/α,β-unsaturated/α-hetero) is 1. The van der Waals surface area contributed by atoms with Crippen LogP contribution in [0.5, 0.6) is 0 Å². The van der Waals surface area contributed by atoms with Crippen LogP contribution in [0.25, 0.3) is 0 Å². The van der Waals surface area contributed by atoms with Crippen molar-refractivity contribution < 1.29 is 34.8 Å². The van der Waals surface area contributed by atoms with E-state index in [9.17, 15) is 9.59 Å². The number of ether oxygens (including phenoxy) is 1. The van der Waals surface area contributed by atoms with E-state index < -0.39 is 36.7 Å². The van der Waals surface area contributed by atoms with Gasteiger partial charge < -0.3 is 25.2 Å². The van der Waals surface area contributed by atoms with E-state index in [-0.39, 0.29) is 6.61 Å². The minimum absolute atomic E-state index is 0.0457. The average Bonchev–Trinajstić information content (AvgIpc) is 2.25. The third-order valence-electron chi connectivity index (χ3n) is 1.65. The number of aliphatic hydroxyl groups is 4. The number of esters is 1. The molecule has 0 fully saturated rings. The van der Waals surface area contributed by atoms with Crippen molar-refractivity contribution >= 4 is 11.8 Å². The molecule has 0 heterocycles. The molecule has 0 aromatic heterocycles. The maximum absolute atomic E-state index is 11.0. The Hall–Kier alpha value is -1.02. The van der Waals surface area contributed by atoms with Crippen LogP contribution in [0, 0.1) is 0 Å². The largest absolute Gasteiger partial charge is 0.460 e. The fourth-order valence-corrected chi connectivity index (χ4v) is 0.796. The maximum atomic E-state index is 11.0. The van der Waals surface area contributed by atoms with Crippen LogP contribution < -0.4 is 0 Å². The van der Waals surface area contributed by atoms with Crippen molar-refractivity contribution in [3.8, 4) is 0 Å². The molecule has 7 heteroatoms. The molecule has 0 saturated carbocycles. The third-order valence-corrected chi connectivity index (χ3v) is 1.65. The Balaban J connectivity index is 4.37. The van der Waals surface area contributed by atoms with Crippen LogP contribution >= 0.6 is 0 Å². The molecule has 0 aromatic rings. The summed E-state index contributed by atoms with van der Waals surface area (Å²) in [5.41, 5.74) is 0. The smallest absolute Gasteiger partial charge is 0.377 e. The lowest BCUT2D eigenvalue weighted by molar-refractivity contribution is -0.163. The second-order valence-corrected chi connectivity index (χ2v) is 2.77. The number of carbonyl (C=O) groups is 2. The molecular weight excluding hydrogens is 208 g/mol. The quantitative estimate of drug-likeness (QED) is 0.282. The summed E-state index contributed by atoms with van der Waals surface area (Å²) >= 11 is 0. The lowest BCUT2D eigenvalue weighted by atomic mass is 10.1. The zero-order valence-electron chi connectivity index (χ0n) is 8.16. The standard InChI is InChI=1S/C8H14O7/c1-2-15-8(14)7(13)6(12)5(11)4(10)3-9/h4-6,9-12H,2-3H2,1H3/t4-,5+,6+/m1/s1. The minimum atomic E-state index is -2.11. The second kappa shape index (κ2) is 6.46. The van der Waals surface area contributed by atoms with Crippen molar-refractivity contribution in [3.05, 3.63) is 0 Å². The van der Waals surface area contributed by atoms with Gasteiger partial charge in [-0.15, -0.1) is 0 Å². The predicted molar refractivity (Wildman–Crippen MR) is 46.7 cm³/mol. The molecule has 88 valence electrons. The van der Waals surface area contributed by atoms with Gasteiger partial charge in [-0.25, -0.2) is 4.79 Å². The Bertz CT molecular complexity index is 227. The zero-order valence-corrected chi connectivity index (χ0v) is 8.16. The normalized spacial score (nSPS) is 16.6. The van der Waals surface area contributed by atoms with Crippen LogP contribution in [0.2, 0.25) is 0 Å². The van der Waals surface area contributed by atoms with Gasteiger partial charge in [-0.05, 0) is 6.92 Å². The highest BCUT2D eigenvalue weighted by molar-refractivity contribution is 6.35. The summed E-state index contributed by atoms with van der Waals surface area (Å²) in [6.07, 6.45) is -5.73. The van der Waals surface area contributed by atoms with E-state index in [1.54, 1.807) is 0 Å². The summed E-state index contributed by atoms with van der Waals surface area (Å²) in [5.74, 6) is -2.66. The number of carbonyl (C=O) groups excluding carboxylic acids is 2. The van der Waals surface area contributed by atoms with Crippen LogP contribution in [0.1, 0.15) is 6.92 Å². The highest BCUT2D eigenvalue weighted by atomic mass is 16.5. The Labute approximate surface area is 85.9 Å². The molecule has 0 radical (unpaired) electrons. The molecule has 0 spiro atoms. The summed E-state index contributed by atoms with van der Waals surface area (Å²) in [4.78, 5) is 21.8. The highest BCUT2D eigenvalue weighted by Gasteiger charge is 2.34. The fourth-order valence-electron chi connectivity index (χ4n) is 0.796. The maximum Gasteiger partial charge on any atom is 0.377 e. The molecule has 0 aliphatic rings. The van der Waals surface area contributed by atoms with E-state index >= 15 is 0 Å². The van der Waals surface area contributed by atoms with Gasteiger partial charge in [0.15, 0.2) is 6.10 Å². The summed E-state index contributed by atoms with van der Waals surface area (Å²) in [6.45, 7) is 0.584. The van der Waals surface area contributed by atoms with E-state index in [2.05, 4.69) is 4.74 Å². The van der Waals surface area contributed by atoms with Crippen LogP contribution in [0.4, 0.5) is 0 Å². The van der Waals surface area contributed by atoms with Gasteiger partial charge in [0.25, 0.3) is 5.78 Å². The van der Waals surface area contributed by atoms with Crippen molar-refractivity contribution in [2.45, 2.75) is 25.2 Å². The van der Waals surface area contributed by atoms with E-state index in [4.69, 9.17) is 20.4 Å². The van der Waals surface area contributed by atoms with Crippen LogP contribution in [-0.2, 0) is 14.3 Å². The van der Waals surface area contributed by atoms with Crippen LogP contribution in [0.3, 0.4) is 0 Å². The van der Waals surface area contributed by atoms with Gasteiger partial charge in [-0.2, -0.15) is 0 Å². The summed E-state index contributed by atoms with van der Waals surface area (Å²) in [5, 5.41) is 35.5. The number of hydrogen-bond donors (Lipinski definition) is 4. The van der Waals surface area contributed by atoms with E-state index in [0.29, 0.717) is 0 Å². The zero-order chi connectivity index (χ0) is 12.0. The molecule has 0 aromatic carbocycles. The topological polar surface area (TPSA) is 124 Å². The summed E-state index contributed by atoms with van der Waals surface area (Å²) in [6, 6.07) is 0. The first-order chi connectivity index (χ1) is 6.95. The average molecular weight is 222 g/mol. The monoisotopic (exact) mass is 222 g/mol. The minimum Gasteiger partial charge on any atom is -0.460 e. The third kappa shape index (κ3) is 3.92. The molecule has 0 amide bonds. The predicted octanol–water partition coefficient (Wildman–Crippen LogP) is -2.81. The van der Waals surface area contributed by atoms with Crippen molar-refractivity contribution in [1.29, 1.82) is 0 Å². The first-order valence-corrected chi connectivity index (χ1v) is 4.31. The van der Waals surface area contributed by atoms with Gasteiger partial charge in [0.1, 0.15) is 12.2 Å². The lowest BCUT2D eigenvalue weighted by Gasteiger charge is -2.19. The Kier molecular flexibility index (Phi) is 6.02. The van der Waals surface area contributed by atoms with Gasteiger partial charge in [0, 0.05) is 0 Å². The molecule has 15 heavy (non-hydrogen) atoms. The molecule has 3 atom stereocenters. The van der Waals surface area contributed by atoms with Crippen molar-refractivity contribution in [1.82, 2.24) is 0 Å². The summed E-state index contributed by atoms with van der Waals surface area (Å²) < 4.78 is 4.28. The Morgan fingerprint density at radius 2 is 1.80 bits per heavy atom. The fraction of sp³-hybridized carbons (Fsp3) is 0.750. The van der Waals surface area contributed by atoms with Gasteiger partial charge in [-0.1, -0.05) is 0 Å². The van der Waals surface area contributed by atoms with Gasteiger partial charge in [-0.3, -0.25) is 4.79 Å². The van der Waals surface area contributed by atoms with Crippen LogP contribution in [-0.4, -0.2) is 63.7 Å².